The van der Waals surface area contributed by atoms with Gasteiger partial charge >= 0.3 is 0 Å². The van der Waals surface area contributed by atoms with Crippen LogP contribution in [0.4, 0.5) is 4.39 Å². The van der Waals surface area contributed by atoms with Gasteiger partial charge < -0.3 is 10.5 Å². The van der Waals surface area contributed by atoms with Crippen molar-refractivity contribution in [1.29, 1.82) is 5.26 Å². The van der Waals surface area contributed by atoms with Crippen LogP contribution in [0.25, 0.3) is 0 Å². The second-order valence-electron chi connectivity index (χ2n) is 4.21. The molecule has 102 valence electrons. The van der Waals surface area contributed by atoms with Crippen molar-refractivity contribution < 1.29 is 9.13 Å². The summed E-state index contributed by atoms with van der Waals surface area (Å²) < 4.78 is 18.8. The van der Waals surface area contributed by atoms with Crippen molar-refractivity contribution in [3.63, 3.8) is 0 Å². The SMILES string of the molecule is N#Cc1ccc(COc2cc(F)cc(CN)c2)c(Cl)c1. The average molecular weight is 291 g/mol. The Morgan fingerprint density at radius 3 is 2.70 bits per heavy atom. The normalized spacial score (nSPS) is 10.1. The van der Waals surface area contributed by atoms with Gasteiger partial charge in [0.25, 0.3) is 0 Å². The number of nitrogens with zero attached hydrogens (tertiary/aromatic N) is 1. The minimum atomic E-state index is -0.395. The van der Waals surface area contributed by atoms with Gasteiger partial charge in [0.15, 0.2) is 0 Å². The first-order valence-electron chi connectivity index (χ1n) is 5.93. The summed E-state index contributed by atoms with van der Waals surface area (Å²) >= 11 is 6.04. The molecule has 5 heteroatoms. The van der Waals surface area contributed by atoms with E-state index in [-0.39, 0.29) is 13.2 Å². The fourth-order valence-electron chi connectivity index (χ4n) is 1.72. The lowest BCUT2D eigenvalue weighted by Gasteiger charge is -2.09. The largest absolute Gasteiger partial charge is 0.489 e. The molecule has 0 aromatic heterocycles. The van der Waals surface area contributed by atoms with E-state index in [1.807, 2.05) is 6.07 Å². The maximum absolute atomic E-state index is 13.3. The highest BCUT2D eigenvalue weighted by atomic mass is 35.5. The summed E-state index contributed by atoms with van der Waals surface area (Å²) in [5.41, 5.74) is 7.34. The molecule has 0 bridgehead atoms. The molecule has 0 aliphatic heterocycles. The number of halogens is 2. The molecule has 0 heterocycles. The van der Waals surface area contributed by atoms with E-state index in [9.17, 15) is 4.39 Å². The van der Waals surface area contributed by atoms with Crippen LogP contribution in [0.15, 0.2) is 36.4 Å². The number of ether oxygens (including phenoxy) is 1. The van der Waals surface area contributed by atoms with Gasteiger partial charge in [-0.05, 0) is 29.8 Å². The first kappa shape index (κ1) is 14.3. The van der Waals surface area contributed by atoms with Crippen molar-refractivity contribution in [3.05, 3.63) is 63.9 Å². The van der Waals surface area contributed by atoms with Gasteiger partial charge in [-0.3, -0.25) is 0 Å². The van der Waals surface area contributed by atoms with Gasteiger partial charge in [0.05, 0.1) is 11.6 Å². The third-order valence-corrected chi connectivity index (χ3v) is 3.10. The predicted octanol–water partition coefficient (Wildman–Crippen LogP) is 3.39. The first-order valence-corrected chi connectivity index (χ1v) is 6.31. The lowest BCUT2D eigenvalue weighted by atomic mass is 10.1. The van der Waals surface area contributed by atoms with E-state index in [1.54, 1.807) is 24.3 Å². The predicted molar refractivity (Wildman–Crippen MR) is 74.8 cm³/mol. The molecule has 2 aromatic carbocycles. The van der Waals surface area contributed by atoms with Crippen LogP contribution in [0.1, 0.15) is 16.7 Å². The molecular weight excluding hydrogens is 279 g/mol. The molecule has 3 nitrogen and oxygen atoms in total. The summed E-state index contributed by atoms with van der Waals surface area (Å²) in [6.07, 6.45) is 0. The van der Waals surface area contributed by atoms with Gasteiger partial charge in [0.1, 0.15) is 18.2 Å². The molecule has 20 heavy (non-hydrogen) atoms. The molecule has 2 aromatic rings. The van der Waals surface area contributed by atoms with Crippen LogP contribution in [0.3, 0.4) is 0 Å². The molecule has 2 rings (SSSR count). The van der Waals surface area contributed by atoms with Crippen molar-refractivity contribution in [2.75, 3.05) is 0 Å². The Hall–Kier alpha value is -2.09. The van der Waals surface area contributed by atoms with Gasteiger partial charge in [0.2, 0.25) is 0 Å². The highest BCUT2D eigenvalue weighted by Gasteiger charge is 2.05. The molecule has 0 aliphatic rings. The second kappa shape index (κ2) is 6.38. The molecule has 0 radical (unpaired) electrons. The molecule has 0 saturated heterocycles. The molecule has 0 unspecified atom stereocenters. The van der Waals surface area contributed by atoms with Crippen molar-refractivity contribution >= 4 is 11.6 Å². The molecule has 2 N–H and O–H groups in total. The molecule has 0 saturated carbocycles. The molecule has 0 fully saturated rings. The van der Waals surface area contributed by atoms with E-state index in [0.717, 1.165) is 5.56 Å². The fraction of sp³-hybridized carbons (Fsp3) is 0.133. The van der Waals surface area contributed by atoms with Crippen LogP contribution in [0.5, 0.6) is 5.75 Å². The fourth-order valence-corrected chi connectivity index (χ4v) is 1.95. The Morgan fingerprint density at radius 1 is 1.25 bits per heavy atom. The van der Waals surface area contributed by atoms with Gasteiger partial charge in [-0.1, -0.05) is 17.7 Å². The Kier molecular flexibility index (Phi) is 4.57. The van der Waals surface area contributed by atoms with Crippen LogP contribution in [-0.2, 0) is 13.2 Å². The Labute approximate surface area is 121 Å². The maximum atomic E-state index is 13.3. The van der Waals surface area contributed by atoms with E-state index in [1.165, 1.54) is 12.1 Å². The second-order valence-corrected chi connectivity index (χ2v) is 4.61. The summed E-state index contributed by atoms with van der Waals surface area (Å²) in [5.74, 6) is -0.000230. The van der Waals surface area contributed by atoms with Gasteiger partial charge in [-0.15, -0.1) is 0 Å². The Bertz CT molecular complexity index is 667. The number of rotatable bonds is 4. The first-order chi connectivity index (χ1) is 9.62. The van der Waals surface area contributed by atoms with E-state index in [2.05, 4.69) is 0 Å². The zero-order valence-corrected chi connectivity index (χ0v) is 11.3. The number of hydrogen-bond acceptors (Lipinski definition) is 3. The number of nitriles is 1. The number of benzene rings is 2. The molecule has 0 spiro atoms. The molecular formula is C15H12ClFN2O. The molecule has 0 amide bonds. The number of nitrogens with two attached hydrogens (primary N) is 1. The summed E-state index contributed by atoms with van der Waals surface area (Å²) in [7, 11) is 0. The van der Waals surface area contributed by atoms with Crippen LogP contribution < -0.4 is 10.5 Å². The van der Waals surface area contributed by atoms with E-state index >= 15 is 0 Å². The van der Waals surface area contributed by atoms with Crippen molar-refractivity contribution in [3.8, 4) is 11.8 Å². The van der Waals surface area contributed by atoms with Crippen molar-refractivity contribution in [2.45, 2.75) is 13.2 Å². The zero-order chi connectivity index (χ0) is 14.5. The standard InChI is InChI=1S/C15H12ClFN2O/c16-15-5-10(7-18)1-2-12(15)9-20-14-4-11(8-19)3-13(17)6-14/h1-6H,8-9,19H2. The summed E-state index contributed by atoms with van der Waals surface area (Å²) in [4.78, 5) is 0. The van der Waals surface area contributed by atoms with Crippen LogP contribution in [0, 0.1) is 17.1 Å². The van der Waals surface area contributed by atoms with Crippen LogP contribution in [0.2, 0.25) is 5.02 Å². The van der Waals surface area contributed by atoms with Crippen LogP contribution >= 0.6 is 11.6 Å². The van der Waals surface area contributed by atoms with Gasteiger partial charge in [-0.25, -0.2) is 4.39 Å². The van der Waals surface area contributed by atoms with Crippen LogP contribution in [-0.4, -0.2) is 0 Å². The minimum absolute atomic E-state index is 0.192. The van der Waals surface area contributed by atoms with E-state index in [4.69, 9.17) is 27.3 Å². The average Bonchev–Trinajstić information content (AvgIpc) is 2.45. The third kappa shape index (κ3) is 3.47. The van der Waals surface area contributed by atoms with E-state index < -0.39 is 5.82 Å². The topological polar surface area (TPSA) is 59.0 Å². The van der Waals surface area contributed by atoms with E-state index in [0.29, 0.717) is 21.9 Å². The van der Waals surface area contributed by atoms with Gasteiger partial charge in [-0.2, -0.15) is 5.26 Å². The summed E-state index contributed by atoms with van der Waals surface area (Å²) in [6.45, 7) is 0.434. The Morgan fingerprint density at radius 2 is 2.05 bits per heavy atom. The quantitative estimate of drug-likeness (QED) is 0.939. The third-order valence-electron chi connectivity index (χ3n) is 2.74. The van der Waals surface area contributed by atoms with Crippen molar-refractivity contribution in [1.82, 2.24) is 0 Å². The lowest BCUT2D eigenvalue weighted by Crippen LogP contribution is -2.00. The van der Waals surface area contributed by atoms with Gasteiger partial charge in [0, 0.05) is 23.2 Å². The minimum Gasteiger partial charge on any atom is -0.489 e. The Balaban J connectivity index is 2.13. The smallest absolute Gasteiger partial charge is 0.127 e. The summed E-state index contributed by atoms with van der Waals surface area (Å²) in [6, 6.07) is 11.3. The highest BCUT2D eigenvalue weighted by Crippen LogP contribution is 2.21. The van der Waals surface area contributed by atoms with Crippen molar-refractivity contribution in [2.24, 2.45) is 5.73 Å². The molecule has 0 atom stereocenters. The highest BCUT2D eigenvalue weighted by molar-refractivity contribution is 6.31. The zero-order valence-electron chi connectivity index (χ0n) is 10.6. The number of hydrogen-bond donors (Lipinski definition) is 1. The molecule has 0 aliphatic carbocycles. The maximum Gasteiger partial charge on any atom is 0.127 e. The summed E-state index contributed by atoms with van der Waals surface area (Å²) in [5, 5.41) is 9.20. The lowest BCUT2D eigenvalue weighted by molar-refractivity contribution is 0.304. The monoisotopic (exact) mass is 290 g/mol.